The predicted octanol–water partition coefficient (Wildman–Crippen LogP) is 5.25. The van der Waals surface area contributed by atoms with Gasteiger partial charge in [0, 0.05) is 5.69 Å². The number of hydrogen-bond acceptors (Lipinski definition) is 5. The second-order valence-corrected chi connectivity index (χ2v) is 8.46. The number of hydrogen-bond donors (Lipinski definition) is 1. The SMILES string of the molecule is Cc1ccccc1CN1C(=O)S/C(=C\c2cccc(OCC(=O)Nc3ccccc3)c2)C1=O. The Labute approximate surface area is 196 Å². The first kappa shape index (κ1) is 22.4. The van der Waals surface area contributed by atoms with Crippen LogP contribution in [-0.2, 0) is 16.1 Å². The highest BCUT2D eigenvalue weighted by Crippen LogP contribution is 2.34. The van der Waals surface area contributed by atoms with E-state index < -0.39 is 0 Å². The Morgan fingerprint density at radius 3 is 2.55 bits per heavy atom. The molecule has 0 spiro atoms. The highest BCUT2D eigenvalue weighted by molar-refractivity contribution is 8.18. The minimum atomic E-state index is -0.318. The summed E-state index contributed by atoms with van der Waals surface area (Å²) in [6.45, 7) is 2.05. The Morgan fingerprint density at radius 2 is 1.76 bits per heavy atom. The van der Waals surface area contributed by atoms with E-state index in [2.05, 4.69) is 5.32 Å². The molecule has 166 valence electrons. The van der Waals surface area contributed by atoms with E-state index in [1.165, 1.54) is 4.90 Å². The Bertz CT molecular complexity index is 1220. The molecule has 0 saturated carbocycles. The smallest absolute Gasteiger partial charge is 0.293 e. The molecule has 3 aromatic carbocycles. The van der Waals surface area contributed by atoms with E-state index in [-0.39, 0.29) is 30.2 Å². The van der Waals surface area contributed by atoms with Crippen LogP contribution >= 0.6 is 11.8 Å². The van der Waals surface area contributed by atoms with Gasteiger partial charge in [-0.2, -0.15) is 0 Å². The van der Waals surface area contributed by atoms with Gasteiger partial charge in [-0.25, -0.2) is 0 Å². The fraction of sp³-hybridized carbons (Fsp3) is 0.115. The zero-order chi connectivity index (χ0) is 23.2. The molecule has 0 radical (unpaired) electrons. The van der Waals surface area contributed by atoms with Crippen molar-refractivity contribution in [1.82, 2.24) is 4.90 Å². The molecule has 0 atom stereocenters. The van der Waals surface area contributed by atoms with Gasteiger partial charge < -0.3 is 10.1 Å². The average molecular weight is 459 g/mol. The summed E-state index contributed by atoms with van der Waals surface area (Å²) in [5, 5.41) is 2.47. The van der Waals surface area contributed by atoms with Crippen molar-refractivity contribution >= 4 is 40.6 Å². The Hall–Kier alpha value is -3.84. The molecule has 1 fully saturated rings. The molecule has 1 aliphatic rings. The highest BCUT2D eigenvalue weighted by atomic mass is 32.2. The van der Waals surface area contributed by atoms with Crippen LogP contribution in [0.2, 0.25) is 0 Å². The molecule has 0 unspecified atom stereocenters. The molecule has 1 N–H and O–H groups in total. The first-order chi connectivity index (χ1) is 16.0. The number of carbonyl (C=O) groups excluding carboxylic acids is 3. The van der Waals surface area contributed by atoms with Crippen LogP contribution in [0.4, 0.5) is 10.5 Å². The van der Waals surface area contributed by atoms with Crippen LogP contribution < -0.4 is 10.1 Å². The fourth-order valence-electron chi connectivity index (χ4n) is 3.31. The summed E-state index contributed by atoms with van der Waals surface area (Å²) >= 11 is 0.921. The van der Waals surface area contributed by atoms with Crippen molar-refractivity contribution in [3.8, 4) is 5.75 Å². The Kier molecular flexibility index (Phi) is 6.90. The highest BCUT2D eigenvalue weighted by Gasteiger charge is 2.35. The second-order valence-electron chi connectivity index (χ2n) is 7.47. The minimum absolute atomic E-state index is 0.148. The van der Waals surface area contributed by atoms with Crippen LogP contribution in [0.25, 0.3) is 6.08 Å². The van der Waals surface area contributed by atoms with E-state index in [9.17, 15) is 14.4 Å². The number of nitrogens with zero attached hydrogens (tertiary/aromatic N) is 1. The number of anilines is 1. The number of amides is 3. The van der Waals surface area contributed by atoms with Crippen LogP contribution in [0.3, 0.4) is 0 Å². The molecule has 1 saturated heterocycles. The lowest BCUT2D eigenvalue weighted by Crippen LogP contribution is -2.27. The zero-order valence-electron chi connectivity index (χ0n) is 18.0. The van der Waals surface area contributed by atoms with Crippen LogP contribution in [0.1, 0.15) is 16.7 Å². The van der Waals surface area contributed by atoms with Gasteiger partial charge >= 0.3 is 0 Å². The van der Waals surface area contributed by atoms with Crippen molar-refractivity contribution < 1.29 is 19.1 Å². The normalized spacial score (nSPS) is 14.6. The standard InChI is InChI=1S/C26H22N2O4S/c1-18-8-5-6-10-20(18)16-28-25(30)23(33-26(28)31)15-19-9-7-13-22(14-19)32-17-24(29)27-21-11-3-2-4-12-21/h2-15H,16-17H2,1H3,(H,27,29)/b23-15-. The van der Waals surface area contributed by atoms with Gasteiger partial charge in [-0.3, -0.25) is 19.3 Å². The monoisotopic (exact) mass is 458 g/mol. The van der Waals surface area contributed by atoms with Crippen LogP contribution in [-0.4, -0.2) is 28.6 Å². The average Bonchev–Trinajstić information content (AvgIpc) is 3.07. The van der Waals surface area contributed by atoms with E-state index in [0.29, 0.717) is 21.9 Å². The van der Waals surface area contributed by atoms with Crippen LogP contribution in [0.15, 0.2) is 83.8 Å². The maximum Gasteiger partial charge on any atom is 0.293 e. The number of benzene rings is 3. The summed E-state index contributed by atoms with van der Waals surface area (Å²) in [4.78, 5) is 39.0. The summed E-state index contributed by atoms with van der Waals surface area (Å²) in [5.41, 5.74) is 3.37. The first-order valence-electron chi connectivity index (χ1n) is 10.4. The van der Waals surface area contributed by atoms with Crippen molar-refractivity contribution in [3.05, 3.63) is 100 Å². The van der Waals surface area contributed by atoms with E-state index >= 15 is 0 Å². The molecule has 6 nitrogen and oxygen atoms in total. The zero-order valence-corrected chi connectivity index (χ0v) is 18.8. The summed E-state index contributed by atoms with van der Waals surface area (Å²) in [5.74, 6) is -0.100. The molecule has 3 amide bonds. The molecule has 0 aromatic heterocycles. The molecule has 1 heterocycles. The van der Waals surface area contributed by atoms with Crippen LogP contribution in [0, 0.1) is 6.92 Å². The van der Waals surface area contributed by atoms with Gasteiger partial charge in [-0.05, 0) is 65.7 Å². The third kappa shape index (κ3) is 5.70. The molecular weight excluding hydrogens is 436 g/mol. The Morgan fingerprint density at radius 1 is 1.00 bits per heavy atom. The first-order valence-corrected chi connectivity index (χ1v) is 11.2. The largest absolute Gasteiger partial charge is 0.484 e. The molecular formula is C26H22N2O4S. The lowest BCUT2D eigenvalue weighted by atomic mass is 10.1. The van der Waals surface area contributed by atoms with E-state index in [4.69, 9.17) is 4.74 Å². The van der Waals surface area contributed by atoms with E-state index in [1.54, 1.807) is 36.4 Å². The third-order valence-electron chi connectivity index (χ3n) is 5.05. The summed E-state index contributed by atoms with van der Waals surface area (Å²) in [6, 6.07) is 23.9. The van der Waals surface area contributed by atoms with Gasteiger partial charge in [0.25, 0.3) is 17.1 Å². The number of para-hydroxylation sites is 1. The number of ether oxygens (including phenoxy) is 1. The number of nitrogens with one attached hydrogen (secondary N) is 1. The van der Waals surface area contributed by atoms with Crippen molar-refractivity contribution in [2.45, 2.75) is 13.5 Å². The van der Waals surface area contributed by atoms with Crippen molar-refractivity contribution in [1.29, 1.82) is 0 Å². The maximum atomic E-state index is 12.8. The Balaban J connectivity index is 1.40. The molecule has 0 aliphatic carbocycles. The third-order valence-corrected chi connectivity index (χ3v) is 5.95. The predicted molar refractivity (Wildman–Crippen MR) is 130 cm³/mol. The molecule has 0 bridgehead atoms. The molecule has 3 aromatic rings. The lowest BCUT2D eigenvalue weighted by molar-refractivity contribution is -0.123. The van der Waals surface area contributed by atoms with Gasteiger partial charge in [0.05, 0.1) is 11.4 Å². The number of rotatable bonds is 7. The van der Waals surface area contributed by atoms with Gasteiger partial charge in [-0.1, -0.05) is 54.6 Å². The van der Waals surface area contributed by atoms with Crippen molar-refractivity contribution in [2.75, 3.05) is 11.9 Å². The lowest BCUT2D eigenvalue weighted by Gasteiger charge is -2.14. The van der Waals surface area contributed by atoms with Gasteiger partial charge in [0.2, 0.25) is 0 Å². The summed E-state index contributed by atoms with van der Waals surface area (Å²) in [7, 11) is 0. The minimum Gasteiger partial charge on any atom is -0.484 e. The number of carbonyl (C=O) groups is 3. The fourth-order valence-corrected chi connectivity index (χ4v) is 4.15. The van der Waals surface area contributed by atoms with E-state index in [0.717, 1.165) is 22.9 Å². The van der Waals surface area contributed by atoms with E-state index in [1.807, 2.05) is 55.5 Å². The summed E-state index contributed by atoms with van der Waals surface area (Å²) < 4.78 is 5.60. The van der Waals surface area contributed by atoms with Gasteiger partial charge in [0.1, 0.15) is 5.75 Å². The molecule has 33 heavy (non-hydrogen) atoms. The quantitative estimate of drug-likeness (QED) is 0.490. The molecule has 7 heteroatoms. The number of aryl methyl sites for hydroxylation is 1. The topological polar surface area (TPSA) is 75.7 Å². The molecule has 1 aliphatic heterocycles. The summed E-state index contributed by atoms with van der Waals surface area (Å²) in [6.07, 6.45) is 1.67. The second kappa shape index (κ2) is 10.2. The van der Waals surface area contributed by atoms with Gasteiger partial charge in [0.15, 0.2) is 6.61 Å². The number of thioether (sulfide) groups is 1. The number of imide groups is 1. The van der Waals surface area contributed by atoms with Gasteiger partial charge in [-0.15, -0.1) is 0 Å². The van der Waals surface area contributed by atoms with Crippen LogP contribution in [0.5, 0.6) is 5.75 Å². The van der Waals surface area contributed by atoms with Crippen molar-refractivity contribution in [3.63, 3.8) is 0 Å². The maximum absolute atomic E-state index is 12.8. The van der Waals surface area contributed by atoms with Crippen molar-refractivity contribution in [2.24, 2.45) is 0 Å². The molecule has 4 rings (SSSR count).